The molecular weight excluding hydrogens is 479 g/mol. The van der Waals surface area contributed by atoms with Crippen LogP contribution < -0.4 is 11.1 Å². The molecule has 1 amide bonds. The number of aliphatic imine (C=N–C) groups is 1. The smallest absolute Gasteiger partial charge is 0.384 e. The van der Waals surface area contributed by atoms with Gasteiger partial charge in [0.1, 0.15) is 5.84 Å². The number of rotatable bonds is 7. The molecule has 190 valence electrons. The van der Waals surface area contributed by atoms with Gasteiger partial charge in [-0.25, -0.2) is 0 Å². The SMILES string of the molecule is CCc1cc(CNC(=O)c2ccnc(Cc3ccc4ncc(C(F)(F)F)cc4c3)c2)ccc1C(N)=NC. The second kappa shape index (κ2) is 10.8. The first-order valence-electron chi connectivity index (χ1n) is 11.7. The van der Waals surface area contributed by atoms with Gasteiger partial charge < -0.3 is 11.1 Å². The molecule has 0 spiro atoms. The van der Waals surface area contributed by atoms with Crippen molar-refractivity contribution in [2.75, 3.05) is 7.05 Å². The number of carbonyl (C=O) groups excluding carboxylic acids is 1. The summed E-state index contributed by atoms with van der Waals surface area (Å²) in [7, 11) is 1.65. The Morgan fingerprint density at radius 1 is 1.03 bits per heavy atom. The minimum absolute atomic E-state index is 0.252. The van der Waals surface area contributed by atoms with Crippen LogP contribution in [0.4, 0.5) is 13.2 Å². The molecule has 0 aliphatic rings. The summed E-state index contributed by atoms with van der Waals surface area (Å²) in [6, 6.07) is 15.3. The van der Waals surface area contributed by atoms with Gasteiger partial charge in [-0.2, -0.15) is 13.2 Å². The van der Waals surface area contributed by atoms with Gasteiger partial charge in [0, 0.05) is 54.6 Å². The van der Waals surface area contributed by atoms with Crippen LogP contribution >= 0.6 is 0 Å². The van der Waals surface area contributed by atoms with Crippen molar-refractivity contribution in [3.05, 3.63) is 106 Å². The summed E-state index contributed by atoms with van der Waals surface area (Å²) in [4.78, 5) is 25.1. The highest BCUT2D eigenvalue weighted by molar-refractivity contribution is 5.99. The average Bonchev–Trinajstić information content (AvgIpc) is 2.90. The molecule has 0 radical (unpaired) electrons. The first-order chi connectivity index (χ1) is 17.7. The Morgan fingerprint density at radius 3 is 2.54 bits per heavy atom. The number of alkyl halides is 3. The lowest BCUT2D eigenvalue weighted by Gasteiger charge is -2.11. The zero-order valence-corrected chi connectivity index (χ0v) is 20.4. The maximum absolute atomic E-state index is 13.1. The van der Waals surface area contributed by atoms with Gasteiger partial charge in [0.05, 0.1) is 11.1 Å². The molecule has 4 aromatic rings. The van der Waals surface area contributed by atoms with E-state index in [4.69, 9.17) is 5.73 Å². The van der Waals surface area contributed by atoms with Crippen LogP contribution in [0.5, 0.6) is 0 Å². The number of amidine groups is 1. The van der Waals surface area contributed by atoms with Crippen LogP contribution in [0.2, 0.25) is 0 Å². The predicted molar refractivity (Wildman–Crippen MR) is 137 cm³/mol. The minimum Gasteiger partial charge on any atom is -0.384 e. The van der Waals surface area contributed by atoms with E-state index in [-0.39, 0.29) is 5.91 Å². The zero-order chi connectivity index (χ0) is 26.6. The molecule has 6 nitrogen and oxygen atoms in total. The molecule has 37 heavy (non-hydrogen) atoms. The number of halogens is 3. The van der Waals surface area contributed by atoms with E-state index >= 15 is 0 Å². The van der Waals surface area contributed by atoms with Gasteiger partial charge in [-0.1, -0.05) is 31.2 Å². The zero-order valence-electron chi connectivity index (χ0n) is 20.4. The highest BCUT2D eigenvalue weighted by Gasteiger charge is 2.31. The summed E-state index contributed by atoms with van der Waals surface area (Å²) >= 11 is 0. The Hall–Kier alpha value is -4.27. The maximum atomic E-state index is 13.1. The largest absolute Gasteiger partial charge is 0.417 e. The molecule has 3 N–H and O–H groups in total. The fourth-order valence-electron chi connectivity index (χ4n) is 4.08. The fraction of sp³-hybridized carbons (Fsp3) is 0.214. The molecular formula is C28H26F3N5O. The number of pyridine rings is 2. The molecule has 0 atom stereocenters. The number of carbonyl (C=O) groups is 1. The Kier molecular flexibility index (Phi) is 7.52. The number of nitrogens with two attached hydrogens (primary N) is 1. The topological polar surface area (TPSA) is 93.3 Å². The molecule has 2 aromatic carbocycles. The molecule has 0 bridgehead atoms. The normalized spacial score (nSPS) is 12.1. The van der Waals surface area contributed by atoms with Crippen LogP contribution in [0, 0.1) is 0 Å². The summed E-state index contributed by atoms with van der Waals surface area (Å²) < 4.78 is 39.2. The average molecular weight is 506 g/mol. The van der Waals surface area contributed by atoms with Gasteiger partial charge in [-0.05, 0) is 53.4 Å². The quantitative estimate of drug-likeness (QED) is 0.271. The van der Waals surface area contributed by atoms with Crippen molar-refractivity contribution in [2.45, 2.75) is 32.5 Å². The van der Waals surface area contributed by atoms with Gasteiger partial charge in [0.15, 0.2) is 0 Å². The Bertz CT molecular complexity index is 1480. The first kappa shape index (κ1) is 25.8. The number of benzene rings is 2. The van der Waals surface area contributed by atoms with Gasteiger partial charge in [-0.15, -0.1) is 0 Å². The van der Waals surface area contributed by atoms with E-state index in [1.165, 1.54) is 0 Å². The maximum Gasteiger partial charge on any atom is 0.417 e. The third-order valence-electron chi connectivity index (χ3n) is 6.06. The van der Waals surface area contributed by atoms with E-state index in [2.05, 4.69) is 20.3 Å². The van der Waals surface area contributed by atoms with Crippen LogP contribution in [-0.4, -0.2) is 28.8 Å². The lowest BCUT2D eigenvalue weighted by molar-refractivity contribution is -0.137. The Balaban J connectivity index is 1.46. The molecule has 2 aromatic heterocycles. The Labute approximate surface area is 212 Å². The molecule has 0 saturated heterocycles. The molecule has 9 heteroatoms. The third kappa shape index (κ3) is 6.11. The number of aromatic nitrogens is 2. The van der Waals surface area contributed by atoms with Crippen LogP contribution in [0.15, 0.2) is 72.0 Å². The third-order valence-corrected chi connectivity index (χ3v) is 6.06. The van der Waals surface area contributed by atoms with Gasteiger partial charge in [-0.3, -0.25) is 19.8 Å². The highest BCUT2D eigenvalue weighted by Crippen LogP contribution is 2.30. The van der Waals surface area contributed by atoms with E-state index in [1.807, 2.05) is 25.1 Å². The van der Waals surface area contributed by atoms with E-state index in [0.717, 1.165) is 40.9 Å². The lowest BCUT2D eigenvalue weighted by Crippen LogP contribution is -2.23. The molecule has 0 aliphatic carbocycles. The van der Waals surface area contributed by atoms with Gasteiger partial charge >= 0.3 is 6.18 Å². The first-order valence-corrected chi connectivity index (χ1v) is 11.7. The predicted octanol–water partition coefficient (Wildman–Crippen LogP) is 5.07. The van der Waals surface area contributed by atoms with Gasteiger partial charge in [0.25, 0.3) is 5.91 Å². The molecule has 4 rings (SSSR count). The van der Waals surface area contributed by atoms with E-state index in [1.54, 1.807) is 43.6 Å². The molecule has 0 aliphatic heterocycles. The number of nitrogens with zero attached hydrogens (tertiary/aromatic N) is 3. The summed E-state index contributed by atoms with van der Waals surface area (Å²) in [5.74, 6) is 0.221. The number of amides is 1. The summed E-state index contributed by atoms with van der Waals surface area (Å²) in [5, 5.41) is 3.32. The van der Waals surface area contributed by atoms with Crippen molar-refractivity contribution >= 4 is 22.6 Å². The van der Waals surface area contributed by atoms with Crippen molar-refractivity contribution < 1.29 is 18.0 Å². The second-order valence-electron chi connectivity index (χ2n) is 8.60. The van der Waals surface area contributed by atoms with Crippen molar-refractivity contribution in [3.8, 4) is 0 Å². The van der Waals surface area contributed by atoms with Crippen LogP contribution in [-0.2, 0) is 25.6 Å². The van der Waals surface area contributed by atoms with Crippen LogP contribution in [0.25, 0.3) is 10.9 Å². The lowest BCUT2D eigenvalue weighted by atomic mass is 10.0. The van der Waals surface area contributed by atoms with Crippen molar-refractivity contribution in [2.24, 2.45) is 10.7 Å². The Morgan fingerprint density at radius 2 is 1.81 bits per heavy atom. The number of hydrogen-bond acceptors (Lipinski definition) is 4. The standard InChI is InChI=1S/C28H26F3N5O/c1-3-19-11-18(4-6-24(19)26(32)33-2)15-36-27(37)20-8-9-34-23(14-20)12-17-5-7-25-21(10-17)13-22(16-35-25)28(29,30)31/h4-11,13-14,16H,3,12,15H2,1-2H3,(H2,32,33)(H,36,37). The molecule has 0 saturated carbocycles. The molecule has 0 fully saturated rings. The number of hydrogen-bond donors (Lipinski definition) is 2. The van der Waals surface area contributed by atoms with Crippen LogP contribution in [0.1, 0.15) is 50.8 Å². The van der Waals surface area contributed by atoms with E-state index < -0.39 is 11.7 Å². The number of aryl methyl sites for hydroxylation is 1. The highest BCUT2D eigenvalue weighted by atomic mass is 19.4. The second-order valence-corrected chi connectivity index (χ2v) is 8.60. The molecule has 0 unspecified atom stereocenters. The van der Waals surface area contributed by atoms with E-state index in [0.29, 0.717) is 41.0 Å². The summed E-state index contributed by atoms with van der Waals surface area (Å²) in [6.07, 6.45) is -0.945. The van der Waals surface area contributed by atoms with Gasteiger partial charge in [0.2, 0.25) is 0 Å². The van der Waals surface area contributed by atoms with Crippen molar-refractivity contribution in [1.29, 1.82) is 0 Å². The minimum atomic E-state index is -4.46. The summed E-state index contributed by atoms with van der Waals surface area (Å²) in [5.41, 5.74) is 10.4. The van der Waals surface area contributed by atoms with E-state index in [9.17, 15) is 18.0 Å². The van der Waals surface area contributed by atoms with Crippen LogP contribution in [0.3, 0.4) is 0 Å². The monoisotopic (exact) mass is 505 g/mol. The van der Waals surface area contributed by atoms with Crippen molar-refractivity contribution in [3.63, 3.8) is 0 Å². The number of fused-ring (bicyclic) bond motifs is 1. The molecule has 2 heterocycles. The fourth-order valence-corrected chi connectivity index (χ4v) is 4.08. The van der Waals surface area contributed by atoms with Crippen molar-refractivity contribution in [1.82, 2.24) is 15.3 Å². The summed E-state index contributed by atoms with van der Waals surface area (Å²) in [6.45, 7) is 2.37. The number of nitrogens with one attached hydrogen (secondary N) is 1.